The van der Waals surface area contributed by atoms with Crippen LogP contribution in [-0.4, -0.2) is 45.9 Å². The van der Waals surface area contributed by atoms with Crippen molar-refractivity contribution in [2.45, 2.75) is 111 Å². The molecule has 1 aliphatic carbocycles. The number of hydrogen-bond acceptors (Lipinski definition) is 4. The number of benzene rings is 1. The van der Waals surface area contributed by atoms with E-state index in [0.29, 0.717) is 12.8 Å². The van der Waals surface area contributed by atoms with Gasteiger partial charge in [-0.25, -0.2) is 4.79 Å². The van der Waals surface area contributed by atoms with Crippen molar-refractivity contribution in [1.82, 2.24) is 10.2 Å². The Hall–Kier alpha value is -2.34. The number of ether oxygens (including phenoxy) is 2. The molecule has 6 heteroatoms. The van der Waals surface area contributed by atoms with Crippen LogP contribution in [0.3, 0.4) is 0 Å². The lowest BCUT2D eigenvalue weighted by molar-refractivity contribution is -0.127. The van der Waals surface area contributed by atoms with Gasteiger partial charge in [0.05, 0.1) is 12.1 Å². The van der Waals surface area contributed by atoms with E-state index < -0.39 is 11.3 Å². The van der Waals surface area contributed by atoms with E-state index in [2.05, 4.69) is 30.4 Å². The van der Waals surface area contributed by atoms with Crippen LogP contribution in [-0.2, 0) is 20.7 Å². The summed E-state index contributed by atoms with van der Waals surface area (Å²) in [4.78, 5) is 28.3. The first-order chi connectivity index (χ1) is 16.1. The molecule has 0 saturated carbocycles. The average Bonchev–Trinajstić information content (AvgIpc) is 3.16. The summed E-state index contributed by atoms with van der Waals surface area (Å²) in [6.07, 6.45) is 3.70. The predicted molar refractivity (Wildman–Crippen MR) is 139 cm³/mol. The molecule has 1 heterocycles. The fourth-order valence-corrected chi connectivity index (χ4v) is 5.32. The number of rotatable bonds is 5. The highest BCUT2D eigenvalue weighted by molar-refractivity contribution is 5.80. The fourth-order valence-electron chi connectivity index (χ4n) is 5.32. The van der Waals surface area contributed by atoms with Crippen LogP contribution in [0.2, 0.25) is 0 Å². The number of allylic oxidation sites excluding steroid dienone is 2. The highest BCUT2D eigenvalue weighted by atomic mass is 16.6. The van der Waals surface area contributed by atoms with Crippen LogP contribution in [0.1, 0.15) is 80.7 Å². The smallest absolute Gasteiger partial charge is 0.412 e. The van der Waals surface area contributed by atoms with Gasteiger partial charge in [-0.3, -0.25) is 9.69 Å². The lowest BCUT2D eigenvalue weighted by atomic mass is 9.86. The molecular formula is C29H44N2O4. The third-order valence-electron chi connectivity index (χ3n) is 6.56. The maximum atomic E-state index is 13.4. The van der Waals surface area contributed by atoms with Crippen LogP contribution in [0.15, 0.2) is 42.0 Å². The van der Waals surface area contributed by atoms with Gasteiger partial charge in [-0.15, -0.1) is 0 Å². The first-order valence-corrected chi connectivity index (χ1v) is 12.8. The number of nitrogens with one attached hydrogen (secondary N) is 1. The molecule has 1 fully saturated rings. The molecule has 2 amide bonds. The Labute approximate surface area is 211 Å². The Balaban J connectivity index is 1.89. The molecule has 3 rings (SSSR count). The molecule has 1 saturated heterocycles. The Bertz CT molecular complexity index is 940. The molecule has 1 aliphatic heterocycles. The summed E-state index contributed by atoms with van der Waals surface area (Å²) in [5, 5.41) is 3.16. The van der Waals surface area contributed by atoms with Crippen LogP contribution in [0.25, 0.3) is 0 Å². The molecule has 194 valence electrons. The van der Waals surface area contributed by atoms with Crippen molar-refractivity contribution in [1.29, 1.82) is 0 Å². The van der Waals surface area contributed by atoms with Crippen LogP contribution < -0.4 is 5.32 Å². The van der Waals surface area contributed by atoms with E-state index in [1.165, 1.54) is 5.57 Å². The zero-order chi connectivity index (χ0) is 26.2. The molecule has 0 radical (unpaired) electrons. The summed E-state index contributed by atoms with van der Waals surface area (Å²) >= 11 is 0. The largest absolute Gasteiger partial charge is 0.444 e. The van der Waals surface area contributed by atoms with Crippen molar-refractivity contribution in [3.8, 4) is 0 Å². The Morgan fingerprint density at radius 1 is 1.11 bits per heavy atom. The summed E-state index contributed by atoms with van der Waals surface area (Å²) in [6, 6.07) is 9.97. The molecule has 0 aromatic heterocycles. The van der Waals surface area contributed by atoms with Crippen LogP contribution >= 0.6 is 0 Å². The molecule has 4 atom stereocenters. The van der Waals surface area contributed by atoms with Gasteiger partial charge in [0.1, 0.15) is 11.3 Å². The molecule has 35 heavy (non-hydrogen) atoms. The van der Waals surface area contributed by atoms with E-state index in [0.717, 1.165) is 12.0 Å². The highest BCUT2D eigenvalue weighted by Crippen LogP contribution is 2.42. The average molecular weight is 485 g/mol. The van der Waals surface area contributed by atoms with Gasteiger partial charge in [-0.05, 0) is 93.1 Å². The number of nitrogens with zero attached hydrogens (tertiary/aromatic N) is 1. The third kappa shape index (κ3) is 7.09. The summed E-state index contributed by atoms with van der Waals surface area (Å²) in [5.74, 6) is 0.000337. The molecule has 1 aromatic carbocycles. The van der Waals surface area contributed by atoms with E-state index in [4.69, 9.17) is 9.47 Å². The van der Waals surface area contributed by atoms with Crippen molar-refractivity contribution < 1.29 is 19.1 Å². The van der Waals surface area contributed by atoms with Crippen molar-refractivity contribution in [3.05, 3.63) is 47.5 Å². The van der Waals surface area contributed by atoms with E-state index in [1.54, 1.807) is 4.90 Å². The van der Waals surface area contributed by atoms with E-state index >= 15 is 0 Å². The third-order valence-corrected chi connectivity index (χ3v) is 6.56. The highest BCUT2D eigenvalue weighted by Gasteiger charge is 2.52. The second kappa shape index (κ2) is 9.96. The molecule has 4 unspecified atom stereocenters. The second-order valence-corrected chi connectivity index (χ2v) is 12.7. The molecule has 1 aromatic rings. The van der Waals surface area contributed by atoms with E-state index in [9.17, 15) is 9.59 Å². The van der Waals surface area contributed by atoms with Crippen molar-refractivity contribution >= 4 is 12.0 Å². The van der Waals surface area contributed by atoms with Crippen LogP contribution in [0.5, 0.6) is 0 Å². The monoisotopic (exact) mass is 484 g/mol. The zero-order valence-electron chi connectivity index (χ0n) is 23.0. The van der Waals surface area contributed by atoms with Gasteiger partial charge < -0.3 is 14.8 Å². The molecule has 0 spiro atoms. The zero-order valence-corrected chi connectivity index (χ0v) is 23.0. The minimum atomic E-state index is -0.826. The Kier molecular flexibility index (Phi) is 7.76. The SMILES string of the molecule is CC1=CC(CC2OC(C)(C)N(C(=O)OC(C)(C)C)C2Cc2ccccc2)C(C(=O)NC(C)(C)C)C1. The van der Waals surface area contributed by atoms with Gasteiger partial charge in [0, 0.05) is 11.5 Å². The standard InChI is InChI=1S/C29H44N2O4/c1-19-15-21(22(16-19)25(32)30-27(2,3)4)18-24-23(17-20-13-11-10-12-14-20)31(29(8,9)34-24)26(33)35-28(5,6)7/h10-15,21-24H,16-18H2,1-9H3,(H,30,32). The number of hydrogen-bond donors (Lipinski definition) is 1. The predicted octanol–water partition coefficient (Wildman–Crippen LogP) is 5.86. The lowest BCUT2D eigenvalue weighted by Crippen LogP contribution is -2.51. The molecule has 6 nitrogen and oxygen atoms in total. The van der Waals surface area contributed by atoms with Gasteiger partial charge in [0.15, 0.2) is 0 Å². The van der Waals surface area contributed by atoms with Crippen molar-refractivity contribution in [2.24, 2.45) is 11.8 Å². The van der Waals surface area contributed by atoms with Gasteiger partial charge >= 0.3 is 6.09 Å². The first-order valence-electron chi connectivity index (χ1n) is 12.8. The number of carbonyl (C=O) groups excluding carboxylic acids is 2. The molecule has 1 N–H and O–H groups in total. The maximum Gasteiger partial charge on any atom is 0.412 e. The lowest BCUT2D eigenvalue weighted by Gasteiger charge is -2.35. The van der Waals surface area contributed by atoms with Crippen LogP contribution in [0, 0.1) is 11.8 Å². The fraction of sp³-hybridized carbons (Fsp3) is 0.655. The Morgan fingerprint density at radius 3 is 2.31 bits per heavy atom. The quantitative estimate of drug-likeness (QED) is 0.532. The first kappa shape index (κ1) is 27.3. The summed E-state index contributed by atoms with van der Waals surface area (Å²) in [7, 11) is 0. The maximum absolute atomic E-state index is 13.4. The Morgan fingerprint density at radius 2 is 1.74 bits per heavy atom. The van der Waals surface area contributed by atoms with E-state index in [1.807, 2.05) is 73.6 Å². The van der Waals surface area contributed by atoms with Gasteiger partial charge in [0.2, 0.25) is 5.91 Å². The van der Waals surface area contributed by atoms with E-state index in [-0.39, 0.29) is 41.5 Å². The number of carbonyl (C=O) groups is 2. The van der Waals surface area contributed by atoms with Crippen molar-refractivity contribution in [3.63, 3.8) is 0 Å². The van der Waals surface area contributed by atoms with Gasteiger partial charge in [-0.1, -0.05) is 42.0 Å². The molecular weight excluding hydrogens is 440 g/mol. The normalized spacial score (nSPS) is 26.4. The minimum absolute atomic E-state index is 0.0509. The van der Waals surface area contributed by atoms with Crippen LogP contribution in [0.4, 0.5) is 4.79 Å². The molecule has 2 aliphatic rings. The van der Waals surface area contributed by atoms with Crippen molar-refractivity contribution in [2.75, 3.05) is 0 Å². The summed E-state index contributed by atoms with van der Waals surface area (Å²) in [5.41, 5.74) is 0.645. The number of amides is 2. The topological polar surface area (TPSA) is 67.9 Å². The van der Waals surface area contributed by atoms with Gasteiger partial charge in [-0.2, -0.15) is 0 Å². The minimum Gasteiger partial charge on any atom is -0.444 e. The van der Waals surface area contributed by atoms with Gasteiger partial charge in [0.25, 0.3) is 0 Å². The molecule has 0 bridgehead atoms. The summed E-state index contributed by atoms with van der Waals surface area (Å²) in [6.45, 7) is 17.6. The summed E-state index contributed by atoms with van der Waals surface area (Å²) < 4.78 is 12.4. The second-order valence-electron chi connectivity index (χ2n) is 12.7.